The summed E-state index contributed by atoms with van der Waals surface area (Å²) in [5.74, 6) is 0.670. The van der Waals surface area contributed by atoms with E-state index in [0.29, 0.717) is 5.56 Å². The second-order valence-electron chi connectivity index (χ2n) is 7.02. The van der Waals surface area contributed by atoms with E-state index < -0.39 is 0 Å². The predicted molar refractivity (Wildman–Crippen MR) is 109 cm³/mol. The Morgan fingerprint density at radius 2 is 1.96 bits per heavy atom. The fourth-order valence-electron chi connectivity index (χ4n) is 3.34. The van der Waals surface area contributed by atoms with Crippen LogP contribution in [-0.4, -0.2) is 45.0 Å². The number of rotatable bonds is 6. The van der Waals surface area contributed by atoms with Gasteiger partial charge in [-0.25, -0.2) is 5.43 Å². The molecule has 148 valence electrons. The molecule has 0 aromatic heterocycles. The van der Waals surface area contributed by atoms with Crippen LogP contribution in [0.1, 0.15) is 34.0 Å². The molecule has 2 N–H and O–H groups in total. The van der Waals surface area contributed by atoms with Crippen LogP contribution in [0, 0.1) is 6.92 Å². The molecular weight excluding hydrogens is 354 g/mol. The molecule has 6 nitrogen and oxygen atoms in total. The monoisotopic (exact) mass is 382 g/mol. The first kappa shape index (κ1) is 20.0. The van der Waals surface area contributed by atoms with E-state index in [1.54, 1.807) is 13.2 Å². The van der Waals surface area contributed by atoms with Crippen LogP contribution >= 0.6 is 0 Å². The third kappa shape index (κ3) is 4.97. The summed E-state index contributed by atoms with van der Waals surface area (Å²) >= 11 is 0. The first-order valence-electron chi connectivity index (χ1n) is 9.57. The number of quaternary nitrogens is 1. The maximum atomic E-state index is 12.4. The minimum Gasteiger partial charge on any atom is -0.496 e. The van der Waals surface area contributed by atoms with Crippen LogP contribution in [0.3, 0.4) is 0 Å². The average molecular weight is 382 g/mol. The van der Waals surface area contributed by atoms with Crippen LogP contribution in [0.2, 0.25) is 0 Å². The van der Waals surface area contributed by atoms with Crippen molar-refractivity contribution in [2.45, 2.75) is 20.4 Å². The lowest BCUT2D eigenvalue weighted by Crippen LogP contribution is -3.12. The quantitative estimate of drug-likeness (QED) is 0.589. The number of aryl methyl sites for hydroxylation is 1. The van der Waals surface area contributed by atoms with E-state index in [9.17, 15) is 4.79 Å². The van der Waals surface area contributed by atoms with E-state index in [-0.39, 0.29) is 5.91 Å². The summed E-state index contributed by atoms with van der Waals surface area (Å²) in [7, 11) is 1.69. The van der Waals surface area contributed by atoms with E-state index in [4.69, 9.17) is 9.47 Å². The summed E-state index contributed by atoms with van der Waals surface area (Å²) in [5.41, 5.74) is 7.07. The fourth-order valence-corrected chi connectivity index (χ4v) is 3.34. The van der Waals surface area contributed by atoms with Crippen molar-refractivity contribution < 1.29 is 19.2 Å². The number of amides is 1. The zero-order chi connectivity index (χ0) is 19.9. The summed E-state index contributed by atoms with van der Waals surface area (Å²) in [5, 5.41) is 4.30. The summed E-state index contributed by atoms with van der Waals surface area (Å²) in [4.78, 5) is 13.9. The SMILES string of the molecule is COc1ccc(/C(C)=N\NC(=O)c2ccccc2C)cc1C[NH+]1CCOCC1. The molecule has 28 heavy (non-hydrogen) atoms. The third-order valence-electron chi connectivity index (χ3n) is 5.05. The van der Waals surface area contributed by atoms with Gasteiger partial charge in [-0.2, -0.15) is 5.10 Å². The molecule has 1 aliphatic rings. The van der Waals surface area contributed by atoms with Crippen molar-refractivity contribution >= 4 is 11.6 Å². The molecule has 2 aromatic rings. The van der Waals surface area contributed by atoms with Crippen molar-refractivity contribution in [3.05, 3.63) is 64.7 Å². The van der Waals surface area contributed by atoms with Crippen LogP contribution in [0.5, 0.6) is 5.75 Å². The van der Waals surface area contributed by atoms with Crippen molar-refractivity contribution in [3.63, 3.8) is 0 Å². The topological polar surface area (TPSA) is 64.4 Å². The minimum absolute atomic E-state index is 0.205. The number of ether oxygens (including phenoxy) is 2. The number of carbonyl (C=O) groups excluding carboxylic acids is 1. The van der Waals surface area contributed by atoms with Crippen molar-refractivity contribution in [2.24, 2.45) is 5.10 Å². The summed E-state index contributed by atoms with van der Waals surface area (Å²) < 4.78 is 11.0. The van der Waals surface area contributed by atoms with E-state index in [0.717, 1.165) is 61.0 Å². The van der Waals surface area contributed by atoms with Crippen molar-refractivity contribution in [1.82, 2.24) is 5.43 Å². The van der Waals surface area contributed by atoms with Gasteiger partial charge in [-0.05, 0) is 49.2 Å². The van der Waals surface area contributed by atoms with E-state index in [1.807, 2.05) is 44.2 Å². The Morgan fingerprint density at radius 3 is 2.68 bits per heavy atom. The number of hydrazone groups is 1. The highest BCUT2D eigenvalue weighted by atomic mass is 16.5. The highest BCUT2D eigenvalue weighted by Gasteiger charge is 2.17. The molecule has 1 saturated heterocycles. The molecular formula is C22H28N3O3+. The molecule has 0 atom stereocenters. The zero-order valence-corrected chi connectivity index (χ0v) is 16.7. The molecule has 1 amide bonds. The zero-order valence-electron chi connectivity index (χ0n) is 16.7. The van der Waals surface area contributed by atoms with Gasteiger partial charge in [-0.3, -0.25) is 4.79 Å². The molecule has 3 rings (SSSR count). The van der Waals surface area contributed by atoms with Crippen molar-refractivity contribution in [3.8, 4) is 5.75 Å². The number of carbonyl (C=O) groups is 1. The normalized spacial score (nSPS) is 15.3. The van der Waals surface area contributed by atoms with Gasteiger partial charge in [0.2, 0.25) is 0 Å². The highest BCUT2D eigenvalue weighted by Crippen LogP contribution is 2.20. The fraction of sp³-hybridized carbons (Fsp3) is 0.364. The molecule has 0 aliphatic carbocycles. The number of nitrogens with zero attached hydrogens (tertiary/aromatic N) is 1. The van der Waals surface area contributed by atoms with Gasteiger partial charge in [0.15, 0.2) is 0 Å². The number of benzene rings is 2. The van der Waals surface area contributed by atoms with Gasteiger partial charge >= 0.3 is 0 Å². The molecule has 1 heterocycles. The first-order chi connectivity index (χ1) is 13.6. The number of methoxy groups -OCH3 is 1. The predicted octanol–water partition coefficient (Wildman–Crippen LogP) is 1.57. The average Bonchev–Trinajstić information content (AvgIpc) is 2.73. The van der Waals surface area contributed by atoms with Gasteiger partial charge in [0, 0.05) is 11.1 Å². The minimum atomic E-state index is -0.205. The Bertz CT molecular complexity index is 858. The lowest BCUT2D eigenvalue weighted by atomic mass is 10.1. The van der Waals surface area contributed by atoms with Gasteiger partial charge in [-0.15, -0.1) is 0 Å². The smallest absolute Gasteiger partial charge is 0.271 e. The molecule has 0 radical (unpaired) electrons. The van der Waals surface area contributed by atoms with Gasteiger partial charge in [0.05, 0.1) is 26.0 Å². The van der Waals surface area contributed by atoms with Crippen LogP contribution in [0.15, 0.2) is 47.6 Å². The maximum Gasteiger partial charge on any atom is 0.271 e. The molecule has 0 saturated carbocycles. The third-order valence-corrected chi connectivity index (χ3v) is 5.05. The summed E-state index contributed by atoms with van der Waals surface area (Å²) in [6.45, 7) is 8.26. The van der Waals surface area contributed by atoms with Crippen LogP contribution in [-0.2, 0) is 11.3 Å². The molecule has 0 bridgehead atoms. The van der Waals surface area contributed by atoms with Crippen molar-refractivity contribution in [2.75, 3.05) is 33.4 Å². The van der Waals surface area contributed by atoms with E-state index in [1.165, 1.54) is 4.90 Å². The lowest BCUT2D eigenvalue weighted by Gasteiger charge is -2.24. The Morgan fingerprint density at radius 1 is 1.21 bits per heavy atom. The second-order valence-corrected chi connectivity index (χ2v) is 7.02. The number of morpholine rings is 1. The Balaban J connectivity index is 1.74. The Hall–Kier alpha value is -2.70. The van der Waals surface area contributed by atoms with Crippen LogP contribution in [0.4, 0.5) is 0 Å². The summed E-state index contributed by atoms with van der Waals surface area (Å²) in [6.07, 6.45) is 0. The Kier molecular flexibility index (Phi) is 6.79. The van der Waals surface area contributed by atoms with Gasteiger partial charge in [-0.1, -0.05) is 18.2 Å². The van der Waals surface area contributed by atoms with Gasteiger partial charge in [0.1, 0.15) is 25.4 Å². The van der Waals surface area contributed by atoms with Crippen LogP contribution < -0.4 is 15.1 Å². The highest BCUT2D eigenvalue weighted by molar-refractivity contribution is 6.01. The van der Waals surface area contributed by atoms with Gasteiger partial charge < -0.3 is 14.4 Å². The summed E-state index contributed by atoms with van der Waals surface area (Å²) in [6, 6.07) is 13.5. The molecule has 1 aliphatic heterocycles. The largest absolute Gasteiger partial charge is 0.496 e. The van der Waals surface area contributed by atoms with E-state index in [2.05, 4.69) is 16.6 Å². The standard InChI is InChI=1S/C22H27N3O3/c1-16-6-4-5-7-20(16)22(26)24-23-17(2)18-8-9-21(27-3)19(14-18)15-25-10-12-28-13-11-25/h4-9,14H,10-13,15H2,1-3H3,(H,24,26)/p+1/b23-17-. The van der Waals surface area contributed by atoms with Gasteiger partial charge in [0.25, 0.3) is 5.91 Å². The maximum absolute atomic E-state index is 12.4. The van der Waals surface area contributed by atoms with Crippen molar-refractivity contribution in [1.29, 1.82) is 0 Å². The lowest BCUT2D eigenvalue weighted by molar-refractivity contribution is -0.921. The Labute approximate surface area is 166 Å². The number of nitrogens with one attached hydrogen (secondary N) is 2. The number of hydrogen-bond acceptors (Lipinski definition) is 4. The molecule has 2 aromatic carbocycles. The molecule has 0 spiro atoms. The van der Waals surface area contributed by atoms with Crippen LogP contribution in [0.25, 0.3) is 0 Å². The molecule has 0 unspecified atom stereocenters. The first-order valence-corrected chi connectivity index (χ1v) is 9.57. The van der Waals surface area contributed by atoms with E-state index >= 15 is 0 Å². The second kappa shape index (κ2) is 9.48. The molecule has 1 fully saturated rings. The molecule has 6 heteroatoms. The number of hydrogen-bond donors (Lipinski definition) is 2.